The van der Waals surface area contributed by atoms with Gasteiger partial charge in [0.2, 0.25) is 5.91 Å². The van der Waals surface area contributed by atoms with E-state index >= 15 is 0 Å². The van der Waals surface area contributed by atoms with Crippen LogP contribution in [0.1, 0.15) is 22.6 Å². The molecular formula is C25H26FN2O+. The van der Waals surface area contributed by atoms with E-state index in [9.17, 15) is 9.18 Å². The molecule has 1 fully saturated rings. The van der Waals surface area contributed by atoms with Crippen molar-refractivity contribution in [2.24, 2.45) is 0 Å². The van der Waals surface area contributed by atoms with Gasteiger partial charge in [-0.15, -0.1) is 0 Å². The van der Waals surface area contributed by atoms with Crippen molar-refractivity contribution in [2.45, 2.75) is 12.5 Å². The van der Waals surface area contributed by atoms with E-state index in [1.807, 2.05) is 71.6 Å². The number of hydrogen-bond acceptors (Lipinski definition) is 1. The Morgan fingerprint density at radius 2 is 1.45 bits per heavy atom. The van der Waals surface area contributed by atoms with Crippen LogP contribution in [0.4, 0.5) is 4.39 Å². The predicted octanol–water partition coefficient (Wildman–Crippen LogP) is 2.88. The number of benzene rings is 3. The molecular weight excluding hydrogens is 363 g/mol. The highest BCUT2D eigenvalue weighted by Crippen LogP contribution is 2.26. The van der Waals surface area contributed by atoms with Gasteiger partial charge >= 0.3 is 0 Å². The van der Waals surface area contributed by atoms with E-state index in [0.717, 1.165) is 49.4 Å². The lowest BCUT2D eigenvalue weighted by Crippen LogP contribution is -3.13. The topological polar surface area (TPSA) is 24.8 Å². The van der Waals surface area contributed by atoms with Gasteiger partial charge < -0.3 is 9.80 Å². The Kier molecular flexibility index (Phi) is 6.01. The molecule has 1 saturated heterocycles. The number of rotatable bonds is 5. The van der Waals surface area contributed by atoms with Gasteiger partial charge in [-0.05, 0) is 23.3 Å². The van der Waals surface area contributed by atoms with Gasteiger partial charge in [-0.25, -0.2) is 4.39 Å². The first-order valence-electron chi connectivity index (χ1n) is 10.2. The van der Waals surface area contributed by atoms with Crippen LogP contribution in [-0.2, 0) is 11.3 Å². The average Bonchev–Trinajstić information content (AvgIpc) is 2.76. The largest absolute Gasteiger partial charge is 0.331 e. The van der Waals surface area contributed by atoms with E-state index in [1.165, 1.54) is 11.0 Å². The van der Waals surface area contributed by atoms with Gasteiger partial charge in [-0.2, -0.15) is 0 Å². The summed E-state index contributed by atoms with van der Waals surface area (Å²) in [6.07, 6.45) is 0. The molecule has 1 heterocycles. The minimum atomic E-state index is -0.276. The maximum Gasteiger partial charge on any atom is 0.234 e. The Labute approximate surface area is 171 Å². The third-order valence-electron chi connectivity index (χ3n) is 5.64. The van der Waals surface area contributed by atoms with Gasteiger partial charge in [0, 0.05) is 5.56 Å². The number of piperazine rings is 1. The minimum absolute atomic E-state index is 0.159. The molecule has 0 aromatic heterocycles. The van der Waals surface area contributed by atoms with E-state index in [-0.39, 0.29) is 17.6 Å². The fourth-order valence-corrected chi connectivity index (χ4v) is 4.11. The van der Waals surface area contributed by atoms with Crippen LogP contribution in [0.15, 0.2) is 84.9 Å². The van der Waals surface area contributed by atoms with Gasteiger partial charge in [0.25, 0.3) is 0 Å². The van der Waals surface area contributed by atoms with Gasteiger partial charge in [-0.1, -0.05) is 72.8 Å². The van der Waals surface area contributed by atoms with Crippen molar-refractivity contribution in [3.63, 3.8) is 0 Å². The maximum absolute atomic E-state index is 13.5. The number of carbonyl (C=O) groups is 1. The molecule has 0 radical (unpaired) electrons. The lowest BCUT2D eigenvalue weighted by atomic mass is 9.90. The smallest absolute Gasteiger partial charge is 0.234 e. The van der Waals surface area contributed by atoms with Gasteiger partial charge in [0.15, 0.2) is 0 Å². The number of nitrogens with one attached hydrogen (secondary N) is 1. The second-order valence-corrected chi connectivity index (χ2v) is 7.64. The summed E-state index contributed by atoms with van der Waals surface area (Å²) in [7, 11) is 0. The average molecular weight is 389 g/mol. The Balaban J connectivity index is 1.45. The van der Waals surface area contributed by atoms with E-state index in [2.05, 4.69) is 0 Å². The molecule has 0 aliphatic carbocycles. The molecule has 4 heteroatoms. The van der Waals surface area contributed by atoms with Crippen LogP contribution in [0.3, 0.4) is 0 Å². The highest BCUT2D eigenvalue weighted by atomic mass is 19.1. The van der Waals surface area contributed by atoms with Gasteiger partial charge in [0.1, 0.15) is 12.4 Å². The maximum atomic E-state index is 13.5. The summed E-state index contributed by atoms with van der Waals surface area (Å²) in [6.45, 7) is 3.98. The first-order chi connectivity index (χ1) is 14.2. The Bertz CT molecular complexity index is 898. The van der Waals surface area contributed by atoms with Crippen LogP contribution in [0.2, 0.25) is 0 Å². The highest BCUT2D eigenvalue weighted by molar-refractivity contribution is 5.87. The fourth-order valence-electron chi connectivity index (χ4n) is 4.11. The summed E-state index contributed by atoms with van der Waals surface area (Å²) in [5, 5.41) is 0. The molecule has 4 rings (SSSR count). The molecule has 3 nitrogen and oxygen atoms in total. The molecule has 1 aliphatic rings. The number of hydrogen-bond donors (Lipinski definition) is 1. The molecule has 3 aromatic rings. The van der Waals surface area contributed by atoms with Crippen LogP contribution in [0.25, 0.3) is 0 Å². The van der Waals surface area contributed by atoms with E-state index < -0.39 is 0 Å². The molecule has 0 spiro atoms. The summed E-state index contributed by atoms with van der Waals surface area (Å²) in [5.41, 5.74) is 3.06. The first-order valence-corrected chi connectivity index (χ1v) is 10.2. The standard InChI is InChI=1S/C25H25FN2O/c26-23-13-7-8-20(18-23)19-27-14-16-28(17-15-27)25(29)24(21-9-3-1-4-10-21)22-11-5-2-6-12-22/h1-13,18,24H,14-17,19H2/p+1. The second-order valence-electron chi connectivity index (χ2n) is 7.64. The van der Waals surface area contributed by atoms with Crippen molar-refractivity contribution in [3.05, 3.63) is 107 Å². The lowest BCUT2D eigenvalue weighted by molar-refractivity contribution is -0.917. The third-order valence-corrected chi connectivity index (χ3v) is 5.64. The van der Waals surface area contributed by atoms with Crippen LogP contribution < -0.4 is 4.90 Å². The summed E-state index contributed by atoms with van der Waals surface area (Å²) >= 11 is 0. The summed E-state index contributed by atoms with van der Waals surface area (Å²) < 4.78 is 13.4. The Morgan fingerprint density at radius 1 is 0.862 bits per heavy atom. The van der Waals surface area contributed by atoms with Crippen molar-refractivity contribution in [1.29, 1.82) is 0 Å². The number of nitrogens with zero attached hydrogens (tertiary/aromatic N) is 1. The van der Waals surface area contributed by atoms with E-state index in [4.69, 9.17) is 0 Å². The molecule has 29 heavy (non-hydrogen) atoms. The van der Waals surface area contributed by atoms with Crippen molar-refractivity contribution >= 4 is 5.91 Å². The summed E-state index contributed by atoms with van der Waals surface area (Å²) in [5.74, 6) is -0.307. The monoisotopic (exact) mass is 389 g/mol. The highest BCUT2D eigenvalue weighted by Gasteiger charge is 2.31. The normalized spacial score (nSPS) is 14.9. The van der Waals surface area contributed by atoms with Crippen molar-refractivity contribution in [1.82, 2.24) is 4.90 Å². The number of halogens is 1. The zero-order valence-electron chi connectivity index (χ0n) is 16.4. The van der Waals surface area contributed by atoms with Crippen molar-refractivity contribution in [3.8, 4) is 0 Å². The van der Waals surface area contributed by atoms with Crippen LogP contribution in [-0.4, -0.2) is 37.0 Å². The zero-order valence-corrected chi connectivity index (χ0v) is 16.4. The third kappa shape index (κ3) is 4.72. The van der Waals surface area contributed by atoms with E-state index in [0.29, 0.717) is 0 Å². The zero-order chi connectivity index (χ0) is 20.1. The molecule has 0 saturated carbocycles. The summed E-state index contributed by atoms with van der Waals surface area (Å²) in [4.78, 5) is 16.8. The molecule has 0 bridgehead atoms. The number of amides is 1. The predicted molar refractivity (Wildman–Crippen MR) is 112 cm³/mol. The van der Waals surface area contributed by atoms with Crippen molar-refractivity contribution in [2.75, 3.05) is 26.2 Å². The number of quaternary nitrogens is 1. The van der Waals surface area contributed by atoms with Gasteiger partial charge in [-0.3, -0.25) is 4.79 Å². The SMILES string of the molecule is O=C(C(c1ccccc1)c1ccccc1)N1CC[NH+](Cc2cccc(F)c2)CC1. The first kappa shape index (κ1) is 19.3. The summed E-state index contributed by atoms with van der Waals surface area (Å²) in [6, 6.07) is 26.8. The minimum Gasteiger partial charge on any atom is -0.331 e. The van der Waals surface area contributed by atoms with E-state index in [1.54, 1.807) is 12.1 Å². The van der Waals surface area contributed by atoms with Crippen LogP contribution in [0.5, 0.6) is 0 Å². The quantitative estimate of drug-likeness (QED) is 0.713. The molecule has 0 atom stereocenters. The number of carbonyl (C=O) groups excluding carboxylic acids is 1. The second kappa shape index (κ2) is 9.01. The Hall–Kier alpha value is -2.98. The fraction of sp³-hybridized carbons (Fsp3) is 0.240. The molecule has 0 unspecified atom stereocenters. The van der Waals surface area contributed by atoms with Crippen LogP contribution in [0, 0.1) is 5.82 Å². The van der Waals surface area contributed by atoms with Crippen LogP contribution >= 0.6 is 0 Å². The Morgan fingerprint density at radius 3 is 2.00 bits per heavy atom. The lowest BCUT2D eigenvalue weighted by Gasteiger charge is -2.34. The molecule has 1 N–H and O–H groups in total. The van der Waals surface area contributed by atoms with Gasteiger partial charge in [0.05, 0.1) is 32.1 Å². The molecule has 1 aliphatic heterocycles. The molecule has 148 valence electrons. The molecule has 3 aromatic carbocycles. The van der Waals surface area contributed by atoms with Crippen molar-refractivity contribution < 1.29 is 14.1 Å². The molecule has 1 amide bonds.